The van der Waals surface area contributed by atoms with Crippen LogP contribution in [0, 0.1) is 0 Å². The first-order valence-electron chi connectivity index (χ1n) is 6.15. The van der Waals surface area contributed by atoms with Crippen molar-refractivity contribution >= 4 is 6.03 Å². The Morgan fingerprint density at radius 2 is 1.90 bits per heavy atom. The Morgan fingerprint density at radius 3 is 2.40 bits per heavy atom. The molecule has 0 heterocycles. The molecular formula is C13H18F2N2O3. The molecule has 0 fully saturated rings. The first-order valence-corrected chi connectivity index (χ1v) is 6.15. The van der Waals surface area contributed by atoms with E-state index in [4.69, 9.17) is 0 Å². The van der Waals surface area contributed by atoms with Crippen LogP contribution in [0.25, 0.3) is 0 Å². The molecule has 0 saturated carbocycles. The van der Waals surface area contributed by atoms with Gasteiger partial charge in [0.05, 0.1) is 6.10 Å². The number of carbonyl (C=O) groups excluding carboxylic acids is 1. The molecule has 0 aliphatic heterocycles. The van der Waals surface area contributed by atoms with Crippen LogP contribution in [0.5, 0.6) is 5.75 Å². The molecule has 0 aliphatic carbocycles. The fraction of sp³-hybridized carbons (Fsp3) is 0.462. The lowest BCUT2D eigenvalue weighted by atomic mass is 10.1. The van der Waals surface area contributed by atoms with E-state index in [9.17, 15) is 18.7 Å². The summed E-state index contributed by atoms with van der Waals surface area (Å²) in [5, 5.41) is 15.0. The van der Waals surface area contributed by atoms with E-state index in [1.807, 2.05) is 13.8 Å². The highest BCUT2D eigenvalue weighted by Crippen LogP contribution is 2.18. The zero-order chi connectivity index (χ0) is 15.1. The number of aliphatic hydroxyl groups excluding tert-OH is 1. The lowest BCUT2D eigenvalue weighted by Gasteiger charge is -2.14. The molecule has 5 nitrogen and oxygen atoms in total. The van der Waals surface area contributed by atoms with Crippen LogP contribution in [-0.2, 0) is 0 Å². The first-order chi connectivity index (χ1) is 9.38. The molecule has 0 bridgehead atoms. The number of amides is 2. The molecule has 1 unspecified atom stereocenters. The quantitative estimate of drug-likeness (QED) is 0.750. The summed E-state index contributed by atoms with van der Waals surface area (Å²) in [5.74, 6) is 0.0152. The van der Waals surface area contributed by atoms with Crippen LogP contribution in [0.1, 0.15) is 25.5 Å². The lowest BCUT2D eigenvalue weighted by Crippen LogP contribution is -2.41. The van der Waals surface area contributed by atoms with Crippen LogP contribution in [0.2, 0.25) is 0 Å². The molecule has 1 aromatic rings. The minimum atomic E-state index is -2.88. The predicted octanol–water partition coefficient (Wildman–Crippen LogP) is 2.03. The minimum absolute atomic E-state index is 0.00192. The highest BCUT2D eigenvalue weighted by Gasteiger charge is 2.11. The van der Waals surface area contributed by atoms with E-state index in [-0.39, 0.29) is 24.4 Å². The van der Waals surface area contributed by atoms with Gasteiger partial charge in [-0.15, -0.1) is 0 Å². The first kappa shape index (κ1) is 16.2. The van der Waals surface area contributed by atoms with Crippen molar-refractivity contribution in [2.75, 3.05) is 6.54 Å². The lowest BCUT2D eigenvalue weighted by molar-refractivity contribution is -0.0498. The van der Waals surface area contributed by atoms with Crippen LogP contribution in [0.4, 0.5) is 13.6 Å². The number of halogens is 2. The summed E-state index contributed by atoms with van der Waals surface area (Å²) in [6.07, 6.45) is -0.923. The molecule has 0 aromatic heterocycles. The van der Waals surface area contributed by atoms with Crippen molar-refractivity contribution in [1.82, 2.24) is 10.6 Å². The molecule has 7 heteroatoms. The van der Waals surface area contributed by atoms with Crippen molar-refractivity contribution in [1.29, 1.82) is 0 Å². The summed E-state index contributed by atoms with van der Waals surface area (Å²) in [5.41, 5.74) is 0.497. The third-order valence-corrected chi connectivity index (χ3v) is 2.37. The Hall–Kier alpha value is -1.89. The summed E-state index contributed by atoms with van der Waals surface area (Å²) in [6.45, 7) is 0.774. The summed E-state index contributed by atoms with van der Waals surface area (Å²) < 4.78 is 28.1. The second kappa shape index (κ2) is 7.64. The topological polar surface area (TPSA) is 70.6 Å². The fourth-order valence-electron chi connectivity index (χ4n) is 1.49. The number of benzene rings is 1. The predicted molar refractivity (Wildman–Crippen MR) is 69.7 cm³/mol. The Kier molecular flexibility index (Phi) is 6.17. The van der Waals surface area contributed by atoms with Crippen LogP contribution in [0.3, 0.4) is 0 Å². The number of ether oxygens (including phenoxy) is 1. The summed E-state index contributed by atoms with van der Waals surface area (Å²) in [6, 6.07) is 5.21. The third-order valence-electron chi connectivity index (χ3n) is 2.37. The second-order valence-corrected chi connectivity index (χ2v) is 4.47. The van der Waals surface area contributed by atoms with Crippen molar-refractivity contribution in [3.63, 3.8) is 0 Å². The number of alkyl halides is 2. The van der Waals surface area contributed by atoms with Crippen molar-refractivity contribution < 1.29 is 23.4 Å². The van der Waals surface area contributed by atoms with Crippen molar-refractivity contribution in [2.45, 2.75) is 32.6 Å². The largest absolute Gasteiger partial charge is 0.435 e. The van der Waals surface area contributed by atoms with Gasteiger partial charge in [0.1, 0.15) is 5.75 Å². The van der Waals surface area contributed by atoms with Crippen LogP contribution >= 0.6 is 0 Å². The zero-order valence-electron chi connectivity index (χ0n) is 11.3. The Morgan fingerprint density at radius 1 is 1.30 bits per heavy atom. The second-order valence-electron chi connectivity index (χ2n) is 4.47. The van der Waals surface area contributed by atoms with Gasteiger partial charge in [0.15, 0.2) is 0 Å². The van der Waals surface area contributed by atoms with Crippen LogP contribution in [0.15, 0.2) is 24.3 Å². The van der Waals surface area contributed by atoms with E-state index in [1.54, 1.807) is 0 Å². The molecule has 1 aromatic carbocycles. The third kappa shape index (κ3) is 5.83. The number of hydrogen-bond acceptors (Lipinski definition) is 3. The van der Waals surface area contributed by atoms with Crippen molar-refractivity contribution in [3.05, 3.63) is 29.8 Å². The molecule has 1 atom stereocenters. The highest BCUT2D eigenvalue weighted by molar-refractivity contribution is 5.74. The van der Waals surface area contributed by atoms with Crippen molar-refractivity contribution in [3.8, 4) is 5.75 Å². The van der Waals surface area contributed by atoms with Gasteiger partial charge in [-0.3, -0.25) is 0 Å². The van der Waals surface area contributed by atoms with E-state index in [0.29, 0.717) is 5.56 Å². The Balaban J connectivity index is 2.47. The van der Waals surface area contributed by atoms with E-state index in [0.717, 1.165) is 0 Å². The van der Waals surface area contributed by atoms with Gasteiger partial charge in [-0.25, -0.2) is 4.79 Å². The fourth-order valence-corrected chi connectivity index (χ4v) is 1.49. The highest BCUT2D eigenvalue weighted by atomic mass is 19.3. The smallest absolute Gasteiger partial charge is 0.387 e. The van der Waals surface area contributed by atoms with Crippen LogP contribution < -0.4 is 15.4 Å². The number of rotatable bonds is 6. The van der Waals surface area contributed by atoms with Gasteiger partial charge in [-0.05, 0) is 31.5 Å². The molecule has 0 radical (unpaired) electrons. The molecule has 20 heavy (non-hydrogen) atoms. The number of hydrogen-bond donors (Lipinski definition) is 3. The summed E-state index contributed by atoms with van der Waals surface area (Å²) >= 11 is 0. The molecule has 3 N–H and O–H groups in total. The van der Waals surface area contributed by atoms with Crippen molar-refractivity contribution in [2.24, 2.45) is 0 Å². The van der Waals surface area contributed by atoms with Gasteiger partial charge in [0.25, 0.3) is 0 Å². The van der Waals surface area contributed by atoms with Crippen LogP contribution in [-0.4, -0.2) is 30.3 Å². The average Bonchev–Trinajstić information content (AvgIpc) is 2.35. The maximum atomic E-state index is 12.0. The maximum absolute atomic E-state index is 12.0. The average molecular weight is 288 g/mol. The molecular weight excluding hydrogens is 270 g/mol. The number of carbonyl (C=O) groups is 1. The minimum Gasteiger partial charge on any atom is -0.435 e. The van der Waals surface area contributed by atoms with E-state index >= 15 is 0 Å². The van der Waals surface area contributed by atoms with Gasteiger partial charge in [0.2, 0.25) is 0 Å². The standard InChI is InChI=1S/C13H18F2N2O3/c1-8(2)17-13(19)16-7-11(18)9-3-5-10(6-4-9)20-12(14)15/h3-6,8,11-12,18H,7H2,1-2H3,(H2,16,17,19). The molecule has 0 aliphatic rings. The number of nitrogens with one attached hydrogen (secondary N) is 2. The Labute approximate surface area is 115 Å². The maximum Gasteiger partial charge on any atom is 0.387 e. The van der Waals surface area contributed by atoms with Gasteiger partial charge >= 0.3 is 12.6 Å². The normalized spacial score (nSPS) is 12.3. The van der Waals surface area contributed by atoms with E-state index in [1.165, 1.54) is 24.3 Å². The van der Waals surface area contributed by atoms with Gasteiger partial charge < -0.3 is 20.5 Å². The summed E-state index contributed by atoms with van der Waals surface area (Å²) in [4.78, 5) is 11.3. The molecule has 112 valence electrons. The molecule has 2 amide bonds. The SMILES string of the molecule is CC(C)NC(=O)NCC(O)c1ccc(OC(F)F)cc1. The monoisotopic (exact) mass is 288 g/mol. The molecule has 1 rings (SSSR count). The van der Waals surface area contributed by atoms with Gasteiger partial charge in [0, 0.05) is 12.6 Å². The Bertz CT molecular complexity index is 424. The van der Waals surface area contributed by atoms with E-state index < -0.39 is 12.7 Å². The summed E-state index contributed by atoms with van der Waals surface area (Å²) in [7, 11) is 0. The van der Waals surface area contributed by atoms with Gasteiger partial charge in [-0.2, -0.15) is 8.78 Å². The molecule has 0 spiro atoms. The number of aliphatic hydroxyl groups is 1. The number of urea groups is 1. The molecule has 0 saturated heterocycles. The van der Waals surface area contributed by atoms with E-state index in [2.05, 4.69) is 15.4 Å². The zero-order valence-corrected chi connectivity index (χ0v) is 11.3. The van der Waals surface area contributed by atoms with Gasteiger partial charge in [-0.1, -0.05) is 12.1 Å².